The van der Waals surface area contributed by atoms with Crippen molar-refractivity contribution in [2.24, 2.45) is 0 Å². The second kappa shape index (κ2) is 27.5. The minimum atomic E-state index is 0.525. The van der Waals surface area contributed by atoms with Crippen molar-refractivity contribution in [1.29, 1.82) is 0 Å². The fourth-order valence-electron chi connectivity index (χ4n) is 17.7. The number of hydrogen-bond donors (Lipinski definition) is 0. The van der Waals surface area contributed by atoms with Crippen molar-refractivity contribution >= 4 is 119 Å². The van der Waals surface area contributed by atoms with Crippen molar-refractivity contribution in [1.82, 2.24) is 39.0 Å². The number of fused-ring (bicyclic) bond motifs is 13. The van der Waals surface area contributed by atoms with Crippen LogP contribution in [0.5, 0.6) is 0 Å². The van der Waals surface area contributed by atoms with Crippen LogP contribution in [0.4, 0.5) is 0 Å². The molecule has 0 saturated carbocycles. The van der Waals surface area contributed by atoms with E-state index in [9.17, 15) is 0 Å². The second-order valence-electron chi connectivity index (χ2n) is 30.5. The fourth-order valence-corrected chi connectivity index (χ4v) is 18.9. The third-order valence-corrected chi connectivity index (χ3v) is 24.6. The molecule has 0 N–H and O–H groups in total. The van der Waals surface area contributed by atoms with E-state index in [0.29, 0.717) is 34.9 Å². The zero-order valence-corrected chi connectivity index (χ0v) is 64.6. The predicted molar refractivity (Wildman–Crippen MR) is 489 cm³/mol. The number of aromatic nitrogens is 8. The summed E-state index contributed by atoms with van der Waals surface area (Å²) in [7, 11) is 0. The predicted octanol–water partition coefficient (Wildman–Crippen LogP) is 28.8. The lowest BCUT2D eigenvalue weighted by molar-refractivity contribution is 0.631. The average Bonchev–Trinajstić information content (AvgIpc) is 1.57. The molecule has 0 aliphatic heterocycles. The maximum Gasteiger partial charge on any atom is 0.164 e. The van der Waals surface area contributed by atoms with Crippen molar-refractivity contribution in [2.75, 3.05) is 0 Å². The van der Waals surface area contributed by atoms with E-state index < -0.39 is 0 Å². The minimum Gasteiger partial charge on any atom is -0.456 e. The molecule has 0 aliphatic carbocycles. The first kappa shape index (κ1) is 67.7. The highest BCUT2D eigenvalue weighted by molar-refractivity contribution is 7.25. The summed E-state index contributed by atoms with van der Waals surface area (Å²) in [5.74, 6) is 4.93. The molecule has 0 radical (unpaired) electrons. The van der Waals surface area contributed by atoms with E-state index in [2.05, 4.69) is 379 Å². The number of furan rings is 2. The highest BCUT2D eigenvalue weighted by atomic mass is 32.1. The molecule has 7 heterocycles. The SMILES string of the molecule is c1ccc2oc(-c3ccc(-c4nc(-c5ccc(-c6cccc7ccccc67)cc5)nc(-c5cc(-n6c7ccccc7c7ccccc76)cc(-n6c7ccccc7c7c(-c8ccc9oc(-c%10ccc(-c%11nc(-c%12ccc(-c%13cccc%14ccccc%13%14)cc%12)nc(-c%12ccc%13c(c%12)sc%12ccccc%12%13)n%11)cc%10)cc9c8)cccc76)c5)n4)cc3)cc2c1. The van der Waals surface area contributed by atoms with Gasteiger partial charge in [-0.15, -0.1) is 11.3 Å². The molecule has 0 amide bonds. The number of para-hydroxylation sites is 4. The van der Waals surface area contributed by atoms with E-state index in [4.69, 9.17) is 38.7 Å². The molecule has 0 aliphatic rings. The Balaban J connectivity index is 0.613. The van der Waals surface area contributed by atoms with Gasteiger partial charge in [0.1, 0.15) is 22.7 Å². The number of thiophene rings is 1. The molecule has 0 bridgehead atoms. The fraction of sp³-hybridized carbons (Fsp3) is 0. The summed E-state index contributed by atoms with van der Waals surface area (Å²) in [6, 6.07) is 138. The molecule has 17 aromatic carbocycles. The van der Waals surface area contributed by atoms with Crippen LogP contribution in [-0.4, -0.2) is 39.0 Å². The first-order valence-electron chi connectivity index (χ1n) is 39.9. The Bertz CT molecular complexity index is 8140. The van der Waals surface area contributed by atoms with Crippen molar-refractivity contribution in [3.63, 3.8) is 0 Å². The van der Waals surface area contributed by atoms with Crippen LogP contribution in [0, 0.1) is 0 Å². The van der Waals surface area contributed by atoms with Gasteiger partial charge in [-0.3, -0.25) is 0 Å². The maximum absolute atomic E-state index is 6.80. The van der Waals surface area contributed by atoms with Gasteiger partial charge in [-0.05, 0) is 140 Å². The van der Waals surface area contributed by atoms with E-state index in [1.165, 1.54) is 47.3 Å². The average molecular weight is 1540 g/mol. The summed E-state index contributed by atoms with van der Waals surface area (Å²) >= 11 is 1.78. The molecular formula is C108H64N8O2S. The summed E-state index contributed by atoms with van der Waals surface area (Å²) in [6.45, 7) is 0. The van der Waals surface area contributed by atoms with Crippen LogP contribution in [-0.2, 0) is 0 Å². The van der Waals surface area contributed by atoms with Crippen LogP contribution in [0.2, 0.25) is 0 Å². The highest BCUT2D eigenvalue weighted by Crippen LogP contribution is 2.45. The molecule has 10 nitrogen and oxygen atoms in total. The first-order chi connectivity index (χ1) is 58.9. The molecule has 0 unspecified atom stereocenters. The summed E-state index contributed by atoms with van der Waals surface area (Å²) in [4.78, 5) is 32.1. The van der Waals surface area contributed by atoms with Crippen LogP contribution >= 0.6 is 11.3 Å². The molecule has 11 heteroatoms. The molecule has 0 atom stereocenters. The number of hydrogen-bond acceptors (Lipinski definition) is 9. The Labute approximate surface area is 685 Å². The maximum atomic E-state index is 6.80. The summed E-state index contributed by atoms with van der Waals surface area (Å²) in [6.07, 6.45) is 0. The van der Waals surface area contributed by atoms with Gasteiger partial charge in [-0.1, -0.05) is 303 Å². The molecule has 554 valence electrons. The zero-order valence-electron chi connectivity index (χ0n) is 63.8. The van der Waals surface area contributed by atoms with Crippen LogP contribution in [0.3, 0.4) is 0 Å². The van der Waals surface area contributed by atoms with E-state index in [1.54, 1.807) is 11.3 Å². The number of benzene rings is 17. The molecule has 119 heavy (non-hydrogen) atoms. The molecule has 0 saturated heterocycles. The standard InChI is InChI=1S/C108H64N8O2S/c1-4-23-82-65(18-1)21-15-29-84(82)67-38-46-71(47-39-67)103-109-104(112-107(111-103)77-54-56-90-89-27-9-14-37-100(89)119-101(90)63-77)73-52-44-70(45-53-73)99-62-78-58-75(55-57-97(78)118-99)86-31-17-35-95-102(86)91-28-8-12-34-94(91)116(95)81-60-79(59-80(64-81)115-92-32-10-6-25-87(92)88-26-7-11-33-93(88)115)108-113-105(72-48-40-68(41-49-72)85-30-16-22-66-19-2-5-24-83(66)85)110-106(114-108)74-50-42-69(43-51-74)98-61-76-20-3-13-36-96(76)117-98/h1-64H. The topological polar surface area (TPSA) is 113 Å². The van der Waals surface area contributed by atoms with Gasteiger partial charge in [0.05, 0.1) is 22.1 Å². The molecule has 0 fully saturated rings. The molecule has 24 rings (SSSR count). The Kier molecular flexibility index (Phi) is 15.6. The lowest BCUT2D eigenvalue weighted by atomic mass is 9.97. The van der Waals surface area contributed by atoms with E-state index >= 15 is 0 Å². The normalized spacial score (nSPS) is 11.9. The quantitative estimate of drug-likeness (QED) is 0.112. The highest BCUT2D eigenvalue weighted by Gasteiger charge is 2.24. The van der Waals surface area contributed by atoms with Crippen molar-refractivity contribution in [3.05, 3.63) is 388 Å². The number of rotatable bonds is 13. The van der Waals surface area contributed by atoms with Gasteiger partial charge in [0.15, 0.2) is 34.9 Å². The molecule has 24 aromatic rings. The van der Waals surface area contributed by atoms with Crippen molar-refractivity contribution in [2.45, 2.75) is 0 Å². The largest absolute Gasteiger partial charge is 0.456 e. The van der Waals surface area contributed by atoms with Gasteiger partial charge in [0.2, 0.25) is 0 Å². The smallest absolute Gasteiger partial charge is 0.164 e. The Morgan fingerprint density at radius 3 is 1.13 bits per heavy atom. The van der Waals surface area contributed by atoms with Gasteiger partial charge >= 0.3 is 0 Å². The monoisotopic (exact) mass is 1540 g/mol. The van der Waals surface area contributed by atoms with Crippen molar-refractivity contribution < 1.29 is 8.83 Å². The molecular weight excluding hydrogens is 1470 g/mol. The minimum absolute atomic E-state index is 0.525. The number of nitrogens with zero attached hydrogens (tertiary/aromatic N) is 8. The van der Waals surface area contributed by atoms with Crippen LogP contribution < -0.4 is 0 Å². The summed E-state index contributed by atoms with van der Waals surface area (Å²) in [5.41, 5.74) is 21.6. The Morgan fingerprint density at radius 2 is 0.571 bits per heavy atom. The van der Waals surface area contributed by atoms with Crippen LogP contribution in [0.25, 0.3) is 243 Å². The Morgan fingerprint density at radius 1 is 0.202 bits per heavy atom. The third-order valence-electron chi connectivity index (χ3n) is 23.5. The van der Waals surface area contributed by atoms with Gasteiger partial charge in [-0.2, -0.15) is 0 Å². The van der Waals surface area contributed by atoms with Crippen LogP contribution in [0.15, 0.2) is 397 Å². The first-order valence-corrected chi connectivity index (χ1v) is 40.7. The van der Waals surface area contributed by atoms with Gasteiger partial charge in [0.25, 0.3) is 0 Å². The second-order valence-corrected chi connectivity index (χ2v) is 31.5. The summed E-state index contributed by atoms with van der Waals surface area (Å²) in [5, 5.41) is 13.8. The van der Waals surface area contributed by atoms with E-state index in [-0.39, 0.29) is 0 Å². The zero-order chi connectivity index (χ0) is 78.2. The van der Waals surface area contributed by atoms with Gasteiger partial charge in [0, 0.05) is 108 Å². The lowest BCUT2D eigenvalue weighted by Gasteiger charge is -2.16. The lowest BCUT2D eigenvalue weighted by Crippen LogP contribution is -2.03. The third kappa shape index (κ3) is 11.6. The van der Waals surface area contributed by atoms with Crippen LogP contribution in [0.1, 0.15) is 0 Å². The van der Waals surface area contributed by atoms with E-state index in [0.717, 1.165) is 161 Å². The van der Waals surface area contributed by atoms with Gasteiger partial charge < -0.3 is 18.0 Å². The van der Waals surface area contributed by atoms with Crippen molar-refractivity contribution in [3.8, 4) is 136 Å². The molecule has 7 aromatic heterocycles. The van der Waals surface area contributed by atoms with E-state index in [1.807, 2.05) is 18.2 Å². The summed E-state index contributed by atoms with van der Waals surface area (Å²) < 4.78 is 20.4. The Hall–Kier alpha value is -15.8. The molecule has 0 spiro atoms. The van der Waals surface area contributed by atoms with Gasteiger partial charge in [-0.25, -0.2) is 29.9 Å².